The van der Waals surface area contributed by atoms with Gasteiger partial charge in [0.15, 0.2) is 0 Å². The molecule has 0 saturated carbocycles. The lowest BCUT2D eigenvalue weighted by atomic mass is 10.2. The van der Waals surface area contributed by atoms with Gasteiger partial charge in [0, 0.05) is 23.9 Å². The van der Waals surface area contributed by atoms with Crippen LogP contribution in [-0.4, -0.2) is 22.4 Å². The molecule has 0 radical (unpaired) electrons. The Kier molecular flexibility index (Phi) is 5.87. The van der Waals surface area contributed by atoms with Crippen LogP contribution in [-0.2, 0) is 17.6 Å². The molecule has 0 bridgehead atoms. The van der Waals surface area contributed by atoms with Gasteiger partial charge in [0.1, 0.15) is 10.8 Å². The number of aromatic nitrogens is 2. The number of nitrogens with zero attached hydrogens (tertiary/aromatic N) is 2. The van der Waals surface area contributed by atoms with Gasteiger partial charge in [0.2, 0.25) is 11.8 Å². The van der Waals surface area contributed by atoms with Crippen LogP contribution in [0.15, 0.2) is 51.6 Å². The van der Waals surface area contributed by atoms with E-state index in [0.29, 0.717) is 30.3 Å². The normalized spacial score (nSPS) is 11.0. The molecule has 0 aliphatic rings. The largest absolute Gasteiger partial charge is 0.440 e. The van der Waals surface area contributed by atoms with E-state index in [1.54, 1.807) is 22.7 Å². The summed E-state index contributed by atoms with van der Waals surface area (Å²) in [5.41, 5.74) is 4.03. The molecule has 0 spiro atoms. The second-order valence-electron chi connectivity index (χ2n) is 6.79. The fourth-order valence-electron chi connectivity index (χ4n) is 2.89. The van der Waals surface area contributed by atoms with Gasteiger partial charge in [0.05, 0.1) is 22.7 Å². The molecule has 1 aromatic carbocycles. The third-order valence-corrected chi connectivity index (χ3v) is 6.30. The third kappa shape index (κ3) is 4.81. The van der Waals surface area contributed by atoms with E-state index in [1.807, 2.05) is 24.4 Å². The molecule has 0 atom stereocenters. The standard InChI is InChI=1S/C22H21N3O2S2/c1-14-5-7-16(8-6-14)22-24-17(13-29-22)9-10-23-20(26)12-18-15(2)27-21(25-18)19-4-3-11-28-19/h3-8,11,13H,9-10,12H2,1-2H3,(H,23,26). The Bertz CT molecular complexity index is 1100. The van der Waals surface area contributed by atoms with Gasteiger partial charge < -0.3 is 9.73 Å². The molecule has 0 unspecified atom stereocenters. The molecule has 1 N–H and O–H groups in total. The first-order valence-electron chi connectivity index (χ1n) is 9.37. The number of oxazole rings is 1. The maximum absolute atomic E-state index is 12.3. The predicted octanol–water partition coefficient (Wildman–Crippen LogP) is 5.04. The van der Waals surface area contributed by atoms with Crippen molar-refractivity contribution >= 4 is 28.6 Å². The van der Waals surface area contributed by atoms with Gasteiger partial charge >= 0.3 is 0 Å². The topological polar surface area (TPSA) is 68.0 Å². The monoisotopic (exact) mass is 423 g/mol. The van der Waals surface area contributed by atoms with Crippen molar-refractivity contribution in [1.82, 2.24) is 15.3 Å². The summed E-state index contributed by atoms with van der Waals surface area (Å²) < 4.78 is 5.70. The minimum atomic E-state index is -0.0619. The molecule has 0 saturated heterocycles. The summed E-state index contributed by atoms with van der Waals surface area (Å²) in [6.07, 6.45) is 0.915. The van der Waals surface area contributed by atoms with Crippen LogP contribution in [0.25, 0.3) is 21.3 Å². The van der Waals surface area contributed by atoms with Crippen LogP contribution >= 0.6 is 22.7 Å². The summed E-state index contributed by atoms with van der Waals surface area (Å²) in [6, 6.07) is 12.3. The highest BCUT2D eigenvalue weighted by Crippen LogP contribution is 2.26. The van der Waals surface area contributed by atoms with Crippen molar-refractivity contribution in [2.24, 2.45) is 0 Å². The van der Waals surface area contributed by atoms with Crippen molar-refractivity contribution < 1.29 is 9.21 Å². The van der Waals surface area contributed by atoms with E-state index in [1.165, 1.54) is 5.56 Å². The van der Waals surface area contributed by atoms with Crippen LogP contribution in [0.5, 0.6) is 0 Å². The number of amides is 1. The van der Waals surface area contributed by atoms with E-state index >= 15 is 0 Å². The summed E-state index contributed by atoms with van der Waals surface area (Å²) in [4.78, 5) is 22.4. The molecule has 4 rings (SSSR count). The maximum Gasteiger partial charge on any atom is 0.236 e. The Morgan fingerprint density at radius 1 is 1.10 bits per heavy atom. The van der Waals surface area contributed by atoms with E-state index in [4.69, 9.17) is 4.42 Å². The third-order valence-electron chi connectivity index (χ3n) is 4.51. The molecule has 7 heteroatoms. The fraction of sp³-hybridized carbons (Fsp3) is 0.227. The first-order valence-corrected chi connectivity index (χ1v) is 11.1. The highest BCUT2D eigenvalue weighted by atomic mass is 32.1. The van der Waals surface area contributed by atoms with E-state index in [2.05, 4.69) is 51.9 Å². The fourth-order valence-corrected chi connectivity index (χ4v) is 4.40. The number of hydrogen-bond donors (Lipinski definition) is 1. The lowest BCUT2D eigenvalue weighted by molar-refractivity contribution is -0.120. The number of aryl methyl sites for hydroxylation is 2. The minimum Gasteiger partial charge on any atom is -0.440 e. The number of carbonyl (C=O) groups is 1. The van der Waals surface area contributed by atoms with E-state index in [0.717, 1.165) is 21.1 Å². The molecule has 1 amide bonds. The number of rotatable bonds is 7. The lowest BCUT2D eigenvalue weighted by Crippen LogP contribution is -2.27. The first kappa shape index (κ1) is 19.5. The number of hydrogen-bond acceptors (Lipinski definition) is 6. The molecule has 3 aromatic heterocycles. The number of thiazole rings is 1. The summed E-state index contributed by atoms with van der Waals surface area (Å²) >= 11 is 3.19. The van der Waals surface area contributed by atoms with E-state index in [-0.39, 0.29) is 12.3 Å². The van der Waals surface area contributed by atoms with Gasteiger partial charge in [-0.2, -0.15) is 0 Å². The maximum atomic E-state index is 12.3. The summed E-state index contributed by atoms with van der Waals surface area (Å²) in [6.45, 7) is 4.46. The number of nitrogens with one attached hydrogen (secondary N) is 1. The second-order valence-corrected chi connectivity index (χ2v) is 8.59. The van der Waals surface area contributed by atoms with Crippen molar-refractivity contribution in [3.05, 3.63) is 69.9 Å². The summed E-state index contributed by atoms with van der Waals surface area (Å²) in [5, 5.41) is 7.99. The van der Waals surface area contributed by atoms with Crippen LogP contribution in [0.3, 0.4) is 0 Å². The average molecular weight is 424 g/mol. The van der Waals surface area contributed by atoms with Gasteiger partial charge in [-0.1, -0.05) is 35.9 Å². The van der Waals surface area contributed by atoms with Gasteiger partial charge in [-0.15, -0.1) is 22.7 Å². The summed E-state index contributed by atoms with van der Waals surface area (Å²) in [5.74, 6) is 1.20. The predicted molar refractivity (Wildman–Crippen MR) is 117 cm³/mol. The second kappa shape index (κ2) is 8.71. The smallest absolute Gasteiger partial charge is 0.236 e. The van der Waals surface area contributed by atoms with Crippen molar-refractivity contribution in [3.8, 4) is 21.3 Å². The van der Waals surface area contributed by atoms with E-state index < -0.39 is 0 Å². The van der Waals surface area contributed by atoms with Crippen molar-refractivity contribution in [2.45, 2.75) is 26.7 Å². The quantitative estimate of drug-likeness (QED) is 0.452. The first-order chi connectivity index (χ1) is 14.1. The Morgan fingerprint density at radius 2 is 1.93 bits per heavy atom. The van der Waals surface area contributed by atoms with Crippen molar-refractivity contribution in [1.29, 1.82) is 0 Å². The molecule has 0 aliphatic heterocycles. The molecule has 148 valence electrons. The van der Waals surface area contributed by atoms with Crippen LogP contribution < -0.4 is 5.32 Å². The zero-order chi connectivity index (χ0) is 20.2. The lowest BCUT2D eigenvalue weighted by Gasteiger charge is -2.03. The minimum absolute atomic E-state index is 0.0619. The molecule has 4 aromatic rings. The Labute approximate surface area is 177 Å². The van der Waals surface area contributed by atoms with Gasteiger partial charge in [0.25, 0.3) is 0 Å². The van der Waals surface area contributed by atoms with Gasteiger partial charge in [-0.05, 0) is 25.3 Å². The zero-order valence-electron chi connectivity index (χ0n) is 16.3. The Balaban J connectivity index is 1.29. The van der Waals surface area contributed by atoms with E-state index in [9.17, 15) is 4.79 Å². The average Bonchev–Trinajstić information content (AvgIpc) is 3.45. The molecule has 0 fully saturated rings. The molecular formula is C22H21N3O2S2. The highest BCUT2D eigenvalue weighted by molar-refractivity contribution is 7.13. The van der Waals surface area contributed by atoms with Crippen LogP contribution in [0.2, 0.25) is 0 Å². The SMILES string of the molecule is Cc1ccc(-c2nc(CCNC(=O)Cc3nc(-c4cccs4)oc3C)cs2)cc1. The van der Waals surface area contributed by atoms with Crippen molar-refractivity contribution in [2.75, 3.05) is 6.54 Å². The Hall–Kier alpha value is -2.77. The van der Waals surface area contributed by atoms with Gasteiger partial charge in [-0.3, -0.25) is 4.79 Å². The molecule has 0 aliphatic carbocycles. The van der Waals surface area contributed by atoms with Crippen molar-refractivity contribution in [3.63, 3.8) is 0 Å². The number of carbonyl (C=O) groups excluding carboxylic acids is 1. The molecular weight excluding hydrogens is 402 g/mol. The Morgan fingerprint density at radius 3 is 2.69 bits per heavy atom. The summed E-state index contributed by atoms with van der Waals surface area (Å²) in [7, 11) is 0. The van der Waals surface area contributed by atoms with Crippen LogP contribution in [0.1, 0.15) is 22.7 Å². The zero-order valence-corrected chi connectivity index (χ0v) is 17.9. The number of thiophene rings is 1. The van der Waals surface area contributed by atoms with Crippen LogP contribution in [0.4, 0.5) is 0 Å². The molecule has 3 heterocycles. The van der Waals surface area contributed by atoms with Crippen LogP contribution in [0, 0.1) is 13.8 Å². The highest BCUT2D eigenvalue weighted by Gasteiger charge is 2.15. The number of benzene rings is 1. The van der Waals surface area contributed by atoms with Gasteiger partial charge in [-0.25, -0.2) is 9.97 Å². The molecule has 5 nitrogen and oxygen atoms in total. The molecule has 29 heavy (non-hydrogen) atoms.